The summed E-state index contributed by atoms with van der Waals surface area (Å²) in [7, 11) is 1.44. The third-order valence-electron chi connectivity index (χ3n) is 1.76. The fourth-order valence-corrected chi connectivity index (χ4v) is 1.03. The van der Waals surface area contributed by atoms with E-state index in [1.54, 1.807) is 34.7 Å². The second-order valence-electron chi connectivity index (χ2n) is 3.42. The highest BCUT2D eigenvalue weighted by atomic mass is 127. The van der Waals surface area contributed by atoms with Gasteiger partial charge in [-0.25, -0.2) is 4.39 Å². The van der Waals surface area contributed by atoms with Crippen molar-refractivity contribution in [3.8, 4) is 0 Å². The SMILES string of the molecule is C=C/C(=C\C(OC)=C(/N)OC[C@@](C)(F)I)CN. The number of hydrogen-bond donors (Lipinski definition) is 2. The van der Waals surface area contributed by atoms with Gasteiger partial charge in [0.1, 0.15) is 6.61 Å². The van der Waals surface area contributed by atoms with E-state index >= 15 is 0 Å². The van der Waals surface area contributed by atoms with Gasteiger partial charge in [0.05, 0.1) is 7.11 Å². The number of alkyl halides is 2. The van der Waals surface area contributed by atoms with E-state index in [9.17, 15) is 4.39 Å². The second kappa shape index (κ2) is 7.54. The highest BCUT2D eigenvalue weighted by Crippen LogP contribution is 2.21. The number of rotatable bonds is 7. The van der Waals surface area contributed by atoms with E-state index in [0.717, 1.165) is 5.57 Å². The lowest BCUT2D eigenvalue weighted by molar-refractivity contribution is 0.119. The van der Waals surface area contributed by atoms with Crippen molar-refractivity contribution < 1.29 is 13.9 Å². The van der Waals surface area contributed by atoms with Gasteiger partial charge in [-0.15, -0.1) is 0 Å². The Kier molecular flexibility index (Phi) is 7.21. The smallest absolute Gasteiger partial charge is 0.227 e. The van der Waals surface area contributed by atoms with Gasteiger partial charge in [-0.1, -0.05) is 12.7 Å². The zero-order chi connectivity index (χ0) is 13.5. The lowest BCUT2D eigenvalue weighted by Gasteiger charge is -2.15. The molecule has 0 aromatic rings. The maximum absolute atomic E-state index is 13.2. The minimum absolute atomic E-state index is 0.0147. The van der Waals surface area contributed by atoms with Crippen molar-refractivity contribution >= 4 is 22.6 Å². The van der Waals surface area contributed by atoms with E-state index in [4.69, 9.17) is 20.9 Å². The fraction of sp³-hybridized carbons (Fsp3) is 0.455. The normalized spacial score (nSPS) is 16.9. The largest absolute Gasteiger partial charge is 0.491 e. The van der Waals surface area contributed by atoms with Gasteiger partial charge >= 0.3 is 0 Å². The molecule has 4 N–H and O–H groups in total. The van der Waals surface area contributed by atoms with Crippen LogP contribution in [0.1, 0.15) is 6.92 Å². The van der Waals surface area contributed by atoms with Gasteiger partial charge in [0.15, 0.2) is 9.43 Å². The maximum atomic E-state index is 13.2. The summed E-state index contributed by atoms with van der Waals surface area (Å²) in [4.78, 5) is 0. The second-order valence-corrected chi connectivity index (χ2v) is 5.67. The third kappa shape index (κ3) is 7.22. The summed E-state index contributed by atoms with van der Waals surface area (Å²) in [6.45, 7) is 5.12. The molecule has 0 amide bonds. The Balaban J connectivity index is 4.81. The number of halogens is 2. The molecule has 0 radical (unpaired) electrons. The molecule has 1 atom stereocenters. The van der Waals surface area contributed by atoms with Gasteiger partial charge in [0, 0.05) is 6.54 Å². The lowest BCUT2D eigenvalue weighted by atomic mass is 10.2. The van der Waals surface area contributed by atoms with Crippen LogP contribution in [-0.4, -0.2) is 23.9 Å². The van der Waals surface area contributed by atoms with Gasteiger partial charge < -0.3 is 20.9 Å². The molecule has 98 valence electrons. The molecule has 0 aromatic carbocycles. The quantitative estimate of drug-likeness (QED) is 0.317. The van der Waals surface area contributed by atoms with Crippen LogP contribution < -0.4 is 11.5 Å². The van der Waals surface area contributed by atoms with E-state index < -0.39 is 3.68 Å². The summed E-state index contributed by atoms with van der Waals surface area (Å²) < 4.78 is 21.8. The highest BCUT2D eigenvalue weighted by Gasteiger charge is 2.19. The van der Waals surface area contributed by atoms with Crippen LogP contribution in [0.15, 0.2) is 35.9 Å². The first-order chi connectivity index (χ1) is 7.84. The van der Waals surface area contributed by atoms with E-state index in [1.807, 2.05) is 0 Å². The van der Waals surface area contributed by atoms with Crippen molar-refractivity contribution in [2.45, 2.75) is 10.6 Å². The summed E-state index contributed by atoms with van der Waals surface area (Å²) in [5.74, 6) is 0.312. The van der Waals surface area contributed by atoms with Crippen LogP contribution in [0.25, 0.3) is 0 Å². The topological polar surface area (TPSA) is 70.5 Å². The fourth-order valence-electron chi connectivity index (χ4n) is 0.876. The highest BCUT2D eigenvalue weighted by molar-refractivity contribution is 14.1. The monoisotopic (exact) mass is 356 g/mol. The molecule has 0 aliphatic carbocycles. The Morgan fingerprint density at radius 2 is 2.18 bits per heavy atom. The molecule has 0 aromatic heterocycles. The van der Waals surface area contributed by atoms with Crippen LogP contribution in [0.5, 0.6) is 0 Å². The molecule has 0 aliphatic heterocycles. The summed E-state index contributed by atoms with van der Waals surface area (Å²) in [5.41, 5.74) is 11.8. The van der Waals surface area contributed by atoms with E-state index in [2.05, 4.69) is 6.58 Å². The molecule has 0 aliphatic rings. The number of hydrogen-bond acceptors (Lipinski definition) is 4. The molecule has 4 nitrogen and oxygen atoms in total. The Morgan fingerprint density at radius 3 is 2.53 bits per heavy atom. The zero-order valence-corrected chi connectivity index (χ0v) is 12.2. The summed E-state index contributed by atoms with van der Waals surface area (Å²) in [5, 5.41) is 0. The van der Waals surface area contributed by atoms with Gasteiger partial charge in [0.25, 0.3) is 0 Å². The Hall–Kier alpha value is -0.760. The molecule has 17 heavy (non-hydrogen) atoms. The molecule has 0 bridgehead atoms. The summed E-state index contributed by atoms with van der Waals surface area (Å²) in [6.07, 6.45) is 3.19. The molecular weight excluding hydrogens is 338 g/mol. The summed E-state index contributed by atoms with van der Waals surface area (Å²) >= 11 is 1.62. The predicted molar refractivity (Wildman–Crippen MR) is 75.0 cm³/mol. The van der Waals surface area contributed by atoms with E-state index in [1.165, 1.54) is 14.0 Å². The molecule has 0 spiro atoms. The first-order valence-corrected chi connectivity index (χ1v) is 5.99. The van der Waals surface area contributed by atoms with Gasteiger partial charge in [0.2, 0.25) is 5.88 Å². The first-order valence-electron chi connectivity index (χ1n) is 4.91. The first kappa shape index (κ1) is 16.2. The lowest BCUT2D eigenvalue weighted by Crippen LogP contribution is -2.20. The van der Waals surface area contributed by atoms with E-state index in [-0.39, 0.29) is 12.5 Å². The maximum Gasteiger partial charge on any atom is 0.227 e. The van der Waals surface area contributed by atoms with Crippen molar-refractivity contribution in [1.82, 2.24) is 0 Å². The molecule has 0 saturated heterocycles. The van der Waals surface area contributed by atoms with Crippen molar-refractivity contribution in [2.24, 2.45) is 11.5 Å². The van der Waals surface area contributed by atoms with E-state index in [0.29, 0.717) is 12.3 Å². The average molecular weight is 356 g/mol. The number of methoxy groups -OCH3 is 1. The molecular formula is C11H18FIN2O2. The zero-order valence-electron chi connectivity index (χ0n) is 10.0. The van der Waals surface area contributed by atoms with Crippen LogP contribution in [0.2, 0.25) is 0 Å². The van der Waals surface area contributed by atoms with Crippen molar-refractivity contribution in [3.63, 3.8) is 0 Å². The van der Waals surface area contributed by atoms with Gasteiger partial charge in [-0.3, -0.25) is 0 Å². The Bertz CT molecular complexity index is 322. The molecule has 6 heteroatoms. The molecule has 0 saturated carbocycles. The molecule has 0 unspecified atom stereocenters. The van der Waals surface area contributed by atoms with Crippen LogP contribution in [-0.2, 0) is 9.47 Å². The van der Waals surface area contributed by atoms with Crippen LogP contribution >= 0.6 is 22.6 Å². The number of ether oxygens (including phenoxy) is 2. The van der Waals surface area contributed by atoms with Crippen LogP contribution in [0.4, 0.5) is 4.39 Å². The summed E-state index contributed by atoms with van der Waals surface area (Å²) in [6, 6.07) is 0. The average Bonchev–Trinajstić information content (AvgIpc) is 2.27. The number of allylic oxidation sites excluding steroid dienone is 1. The van der Waals surface area contributed by atoms with Crippen molar-refractivity contribution in [2.75, 3.05) is 20.3 Å². The van der Waals surface area contributed by atoms with Crippen LogP contribution in [0, 0.1) is 0 Å². The number of nitrogens with two attached hydrogens (primary N) is 2. The van der Waals surface area contributed by atoms with Crippen LogP contribution in [0.3, 0.4) is 0 Å². The van der Waals surface area contributed by atoms with Crippen molar-refractivity contribution in [3.05, 3.63) is 35.9 Å². The molecule has 0 rings (SSSR count). The predicted octanol–water partition coefficient (Wildman–Crippen LogP) is 1.97. The third-order valence-corrected chi connectivity index (χ3v) is 2.07. The van der Waals surface area contributed by atoms with Gasteiger partial charge in [-0.05, 0) is 41.2 Å². The minimum Gasteiger partial charge on any atom is -0.491 e. The van der Waals surface area contributed by atoms with Crippen molar-refractivity contribution in [1.29, 1.82) is 0 Å². The molecule has 0 heterocycles. The Labute approximate surface area is 115 Å². The molecule has 0 fully saturated rings. The van der Waals surface area contributed by atoms with Gasteiger partial charge in [-0.2, -0.15) is 0 Å². The standard InChI is InChI=1S/C11H18FIN2O2/c1-4-8(6-14)5-9(16-3)10(15)17-7-11(2,12)13/h4-5H,1,6-7,14-15H2,2-3H3/b8-5+,10-9-/t11-/m0/s1. The minimum atomic E-state index is -1.49. The Morgan fingerprint density at radius 1 is 1.59 bits per heavy atom.